The molecule has 0 spiro atoms. The molecule has 2 aliphatic carbocycles. The van der Waals surface area contributed by atoms with Crippen molar-refractivity contribution in [3.05, 3.63) is 29.8 Å². The fourth-order valence-electron chi connectivity index (χ4n) is 5.16. The van der Waals surface area contributed by atoms with Crippen LogP contribution in [0.25, 0.3) is 0 Å². The molecular weight excluding hydrogens is 335 g/mol. The molecule has 3 fully saturated rings. The number of anilines is 1. The lowest BCUT2D eigenvalue weighted by molar-refractivity contribution is -0.138. The number of carbonyl (C=O) groups excluding carboxylic acids is 3. The van der Waals surface area contributed by atoms with E-state index in [1.165, 1.54) is 12.1 Å². The van der Waals surface area contributed by atoms with Gasteiger partial charge >= 0.3 is 6.18 Å². The zero-order valence-corrected chi connectivity index (χ0v) is 13.7. The van der Waals surface area contributed by atoms with E-state index >= 15 is 0 Å². The number of carbonyl (C=O) groups is 3. The van der Waals surface area contributed by atoms with Gasteiger partial charge in [-0.15, -0.1) is 0 Å². The summed E-state index contributed by atoms with van der Waals surface area (Å²) in [4.78, 5) is 39.0. The summed E-state index contributed by atoms with van der Waals surface area (Å²) in [5.41, 5.74) is -2.50. The maximum Gasteiger partial charge on any atom is 0.416 e. The van der Waals surface area contributed by atoms with Crippen molar-refractivity contribution in [3.63, 3.8) is 0 Å². The number of benzene rings is 1. The van der Waals surface area contributed by atoms with Gasteiger partial charge in [-0.1, -0.05) is 19.9 Å². The SMILES string of the molecule is CC12CC(=O)C(C)(C1)[C@H]1C(=O)N(c3cccc(C(F)(F)F)c3)C(=O)[C@H]12. The van der Waals surface area contributed by atoms with Crippen LogP contribution in [-0.4, -0.2) is 17.6 Å². The lowest BCUT2D eigenvalue weighted by Crippen LogP contribution is -2.40. The van der Waals surface area contributed by atoms with Gasteiger partial charge in [0.1, 0.15) is 5.78 Å². The van der Waals surface area contributed by atoms with Gasteiger partial charge in [0.15, 0.2) is 0 Å². The van der Waals surface area contributed by atoms with E-state index in [0.29, 0.717) is 6.42 Å². The number of hydrogen-bond acceptors (Lipinski definition) is 3. The Morgan fingerprint density at radius 1 is 1.08 bits per heavy atom. The van der Waals surface area contributed by atoms with Crippen LogP contribution in [0.4, 0.5) is 18.9 Å². The topological polar surface area (TPSA) is 54.5 Å². The van der Waals surface area contributed by atoms with E-state index in [4.69, 9.17) is 0 Å². The van der Waals surface area contributed by atoms with Crippen LogP contribution in [0.5, 0.6) is 0 Å². The number of alkyl halides is 3. The first-order valence-corrected chi connectivity index (χ1v) is 8.07. The second-order valence-corrected chi connectivity index (χ2v) is 7.86. The van der Waals surface area contributed by atoms with Crippen LogP contribution >= 0.6 is 0 Å². The Morgan fingerprint density at radius 2 is 1.72 bits per heavy atom. The molecule has 4 rings (SSSR count). The highest BCUT2D eigenvalue weighted by Gasteiger charge is 2.74. The van der Waals surface area contributed by atoms with Crippen LogP contribution in [-0.2, 0) is 20.6 Å². The van der Waals surface area contributed by atoms with Crippen molar-refractivity contribution in [2.24, 2.45) is 22.7 Å². The number of nitrogens with zero attached hydrogens (tertiary/aromatic N) is 1. The zero-order chi connectivity index (χ0) is 18.4. The third kappa shape index (κ3) is 1.92. The largest absolute Gasteiger partial charge is 0.416 e. The molecule has 4 nitrogen and oxygen atoms in total. The minimum absolute atomic E-state index is 0.0386. The molecule has 1 heterocycles. The molecule has 0 aromatic heterocycles. The number of imide groups is 1. The second-order valence-electron chi connectivity index (χ2n) is 7.86. The summed E-state index contributed by atoms with van der Waals surface area (Å²) in [6, 6.07) is 4.20. The first-order chi connectivity index (χ1) is 11.5. The molecule has 1 saturated heterocycles. The number of halogens is 3. The van der Waals surface area contributed by atoms with Crippen molar-refractivity contribution in [2.45, 2.75) is 32.9 Å². The van der Waals surface area contributed by atoms with E-state index in [2.05, 4.69) is 0 Å². The van der Waals surface area contributed by atoms with Crippen LogP contribution < -0.4 is 4.90 Å². The van der Waals surface area contributed by atoms with Crippen LogP contribution in [0, 0.1) is 22.7 Å². The van der Waals surface area contributed by atoms with Gasteiger partial charge in [0.25, 0.3) is 0 Å². The van der Waals surface area contributed by atoms with E-state index in [9.17, 15) is 27.6 Å². The van der Waals surface area contributed by atoms with Crippen molar-refractivity contribution in [1.82, 2.24) is 0 Å². The first-order valence-electron chi connectivity index (χ1n) is 8.07. The number of amides is 2. The zero-order valence-electron chi connectivity index (χ0n) is 13.7. The van der Waals surface area contributed by atoms with Gasteiger partial charge < -0.3 is 0 Å². The molecule has 2 unspecified atom stereocenters. The molecule has 25 heavy (non-hydrogen) atoms. The lowest BCUT2D eigenvalue weighted by atomic mass is 9.68. The summed E-state index contributed by atoms with van der Waals surface area (Å²) in [7, 11) is 0. The molecular formula is C18H16F3NO3. The van der Waals surface area contributed by atoms with Gasteiger partial charge in [0.2, 0.25) is 11.8 Å². The normalized spacial score (nSPS) is 37.2. The number of hydrogen-bond donors (Lipinski definition) is 0. The fourth-order valence-corrected chi connectivity index (χ4v) is 5.16. The summed E-state index contributed by atoms with van der Waals surface area (Å²) in [5, 5.41) is 0. The van der Waals surface area contributed by atoms with Gasteiger partial charge in [-0.05, 0) is 30.0 Å². The Hall–Kier alpha value is -2.18. The van der Waals surface area contributed by atoms with Crippen LogP contribution in [0.15, 0.2) is 24.3 Å². The highest BCUT2D eigenvalue weighted by molar-refractivity contribution is 6.24. The molecule has 0 radical (unpaired) electrons. The van der Waals surface area contributed by atoms with Crippen molar-refractivity contribution in [1.29, 1.82) is 0 Å². The highest BCUT2D eigenvalue weighted by Crippen LogP contribution is 2.68. The summed E-state index contributed by atoms with van der Waals surface area (Å²) in [5.74, 6) is -2.51. The Bertz CT molecular complexity index is 833. The number of fused-ring (bicyclic) bond motifs is 5. The monoisotopic (exact) mass is 351 g/mol. The molecule has 7 heteroatoms. The minimum atomic E-state index is -4.56. The summed E-state index contributed by atoms with van der Waals surface area (Å²) >= 11 is 0. The standard InChI is InChI=1S/C18H16F3NO3/c1-16-7-11(23)17(2,8-16)13-12(16)14(24)22(15(13)25)10-5-3-4-9(6-10)18(19,20)21/h3-6,12-13H,7-8H2,1-2H3/t12-,13+,16?,17?/m0/s1. The quantitative estimate of drug-likeness (QED) is 0.730. The van der Waals surface area contributed by atoms with Gasteiger partial charge in [-0.2, -0.15) is 13.2 Å². The van der Waals surface area contributed by atoms with Gasteiger partial charge in [0, 0.05) is 11.8 Å². The number of rotatable bonds is 1. The molecule has 0 N–H and O–H groups in total. The van der Waals surface area contributed by atoms with E-state index in [1.807, 2.05) is 6.92 Å². The molecule has 1 aromatic carbocycles. The first kappa shape index (κ1) is 16.3. The maximum absolute atomic E-state index is 13.0. The van der Waals surface area contributed by atoms with E-state index in [-0.39, 0.29) is 17.9 Å². The minimum Gasteiger partial charge on any atom is -0.299 e. The molecule has 1 aliphatic heterocycles. The molecule has 1 aromatic rings. The Labute approximate surface area is 142 Å². The van der Waals surface area contributed by atoms with Crippen molar-refractivity contribution in [3.8, 4) is 0 Å². The molecule has 2 bridgehead atoms. The van der Waals surface area contributed by atoms with Crippen molar-refractivity contribution < 1.29 is 27.6 Å². The third-order valence-electron chi connectivity index (χ3n) is 6.15. The van der Waals surface area contributed by atoms with E-state index in [1.54, 1.807) is 6.92 Å². The Balaban J connectivity index is 1.79. The summed E-state index contributed by atoms with van der Waals surface area (Å²) < 4.78 is 38.9. The maximum atomic E-state index is 13.0. The molecule has 2 saturated carbocycles. The third-order valence-corrected chi connectivity index (χ3v) is 6.15. The Kier molecular flexibility index (Phi) is 2.94. The number of ketones is 1. The average Bonchev–Trinajstić information content (AvgIpc) is 3.00. The predicted octanol–water partition coefficient (Wildman–Crippen LogP) is 3.20. The van der Waals surface area contributed by atoms with E-state index < -0.39 is 46.2 Å². The average molecular weight is 351 g/mol. The second kappa shape index (κ2) is 4.51. The smallest absolute Gasteiger partial charge is 0.299 e. The predicted molar refractivity (Wildman–Crippen MR) is 81.4 cm³/mol. The number of Topliss-reactive ketones (excluding diaryl/α,β-unsaturated/α-hetero) is 1. The summed E-state index contributed by atoms with van der Waals surface area (Å²) in [6.07, 6.45) is -3.85. The van der Waals surface area contributed by atoms with Crippen LogP contribution in [0.3, 0.4) is 0 Å². The van der Waals surface area contributed by atoms with Gasteiger partial charge in [0.05, 0.1) is 23.1 Å². The Morgan fingerprint density at radius 3 is 2.36 bits per heavy atom. The van der Waals surface area contributed by atoms with Gasteiger partial charge in [-0.3, -0.25) is 14.4 Å². The molecule has 3 aliphatic rings. The molecule has 132 valence electrons. The van der Waals surface area contributed by atoms with Crippen LogP contribution in [0.2, 0.25) is 0 Å². The van der Waals surface area contributed by atoms with Crippen molar-refractivity contribution in [2.75, 3.05) is 4.90 Å². The molecule has 4 atom stereocenters. The fraction of sp³-hybridized carbons (Fsp3) is 0.500. The lowest BCUT2D eigenvalue weighted by Gasteiger charge is -2.30. The highest BCUT2D eigenvalue weighted by atomic mass is 19.4. The summed E-state index contributed by atoms with van der Waals surface area (Å²) in [6.45, 7) is 3.52. The van der Waals surface area contributed by atoms with Gasteiger partial charge in [-0.25, -0.2) is 4.90 Å². The van der Waals surface area contributed by atoms with E-state index in [0.717, 1.165) is 17.0 Å². The van der Waals surface area contributed by atoms with Crippen LogP contribution in [0.1, 0.15) is 32.3 Å². The molecule has 2 amide bonds. The van der Waals surface area contributed by atoms with Crippen molar-refractivity contribution >= 4 is 23.3 Å².